The number of para-hydroxylation sites is 1. The molecule has 1 aromatic heterocycles. The second-order valence-corrected chi connectivity index (χ2v) is 10.1. The van der Waals surface area contributed by atoms with Crippen molar-refractivity contribution in [2.45, 2.75) is 32.0 Å². The highest BCUT2D eigenvalue weighted by atomic mass is 19.1. The molecule has 0 bridgehead atoms. The molecule has 1 aliphatic rings. The van der Waals surface area contributed by atoms with Gasteiger partial charge in [-0.1, -0.05) is 48.5 Å². The van der Waals surface area contributed by atoms with Crippen LogP contribution in [0.4, 0.5) is 18.9 Å². The van der Waals surface area contributed by atoms with Gasteiger partial charge in [-0.05, 0) is 38.6 Å². The maximum atomic E-state index is 14.8. The van der Waals surface area contributed by atoms with Crippen LogP contribution in [-0.2, 0) is 21.7 Å². The number of rotatable bonds is 7. The van der Waals surface area contributed by atoms with Crippen LogP contribution in [0.2, 0.25) is 0 Å². The smallest absolute Gasteiger partial charge is 0.347 e. The summed E-state index contributed by atoms with van der Waals surface area (Å²) in [5, 5.41) is 10.7. The summed E-state index contributed by atoms with van der Waals surface area (Å²) in [5.41, 5.74) is -0.0343. The molecule has 8 nitrogen and oxygen atoms in total. The summed E-state index contributed by atoms with van der Waals surface area (Å²) in [4.78, 5) is 38.2. The van der Waals surface area contributed by atoms with Crippen LogP contribution in [0, 0.1) is 31.3 Å². The predicted octanol–water partition coefficient (Wildman–Crippen LogP) is 4.77. The zero-order valence-electron chi connectivity index (χ0n) is 23.0. The first-order valence-corrected chi connectivity index (χ1v) is 13.0. The van der Waals surface area contributed by atoms with Gasteiger partial charge in [0.25, 0.3) is 0 Å². The zero-order valence-corrected chi connectivity index (χ0v) is 23.0. The Morgan fingerprint density at radius 1 is 0.976 bits per heavy atom. The Morgan fingerprint density at radius 2 is 1.57 bits per heavy atom. The van der Waals surface area contributed by atoms with E-state index in [-0.39, 0.29) is 18.2 Å². The van der Waals surface area contributed by atoms with E-state index in [1.165, 1.54) is 4.90 Å². The number of hydrogen-bond acceptors (Lipinski definition) is 6. The summed E-state index contributed by atoms with van der Waals surface area (Å²) < 4.78 is 49.3. The minimum atomic E-state index is -1.70. The molecule has 0 fully saturated rings. The Morgan fingerprint density at radius 3 is 2.19 bits per heavy atom. The number of carboxylic acids is 1. The second kappa shape index (κ2) is 11.2. The molecule has 0 radical (unpaired) electrons. The Hall–Kier alpha value is -4.77. The summed E-state index contributed by atoms with van der Waals surface area (Å²) in [6.45, 7) is 2.52. The van der Waals surface area contributed by atoms with E-state index < -0.39 is 53.1 Å². The van der Waals surface area contributed by atoms with Crippen LogP contribution in [-0.4, -0.2) is 51.5 Å². The van der Waals surface area contributed by atoms with Gasteiger partial charge in [0.15, 0.2) is 0 Å². The van der Waals surface area contributed by atoms with Gasteiger partial charge in [0.05, 0.1) is 13.1 Å². The first-order valence-electron chi connectivity index (χ1n) is 13.0. The van der Waals surface area contributed by atoms with E-state index in [9.17, 15) is 27.9 Å². The average Bonchev–Trinajstić information content (AvgIpc) is 3.01. The van der Waals surface area contributed by atoms with Gasteiger partial charge in [0.2, 0.25) is 12.0 Å². The van der Waals surface area contributed by atoms with Gasteiger partial charge in [-0.2, -0.15) is 0 Å². The number of carbonyl (C=O) groups is 2. The quantitative estimate of drug-likeness (QED) is 0.339. The molecule has 1 amide bonds. The largest absolute Gasteiger partial charge is 0.478 e. The number of carboxylic acid groups (broad SMARTS) is 1. The third-order valence-corrected chi connectivity index (χ3v) is 7.31. The number of nitrogens with zero attached hydrogens (tertiary/aromatic N) is 4. The monoisotopic (exact) mass is 576 g/mol. The highest BCUT2D eigenvalue weighted by molar-refractivity contribution is 5.97. The number of amides is 1. The van der Waals surface area contributed by atoms with E-state index in [1.54, 1.807) is 86.5 Å². The van der Waals surface area contributed by atoms with Gasteiger partial charge >= 0.3 is 12.0 Å². The molecule has 3 aromatic carbocycles. The number of halogens is 3. The Bertz CT molecular complexity index is 1630. The van der Waals surface area contributed by atoms with Crippen LogP contribution in [0.3, 0.4) is 0 Å². The van der Waals surface area contributed by atoms with Crippen LogP contribution >= 0.6 is 0 Å². The molecule has 0 unspecified atom stereocenters. The van der Waals surface area contributed by atoms with Crippen molar-refractivity contribution in [1.29, 1.82) is 0 Å². The van der Waals surface area contributed by atoms with Crippen molar-refractivity contribution >= 4 is 17.6 Å². The molecule has 0 aliphatic carbocycles. The molecule has 1 N–H and O–H groups in total. The maximum absolute atomic E-state index is 14.8. The summed E-state index contributed by atoms with van der Waals surface area (Å²) in [6.07, 6.45) is -1.70. The lowest BCUT2D eigenvalue weighted by Crippen LogP contribution is -2.59. The lowest BCUT2D eigenvalue weighted by molar-refractivity contribution is -0.153. The molecular weight excluding hydrogens is 549 g/mol. The number of ether oxygens (including phenoxy) is 1. The van der Waals surface area contributed by atoms with E-state index in [0.717, 1.165) is 0 Å². The molecule has 216 valence electrons. The second-order valence-electron chi connectivity index (χ2n) is 10.1. The molecule has 11 heteroatoms. The minimum absolute atomic E-state index is 0.163. The normalized spacial score (nSPS) is 17.9. The number of aryl methyl sites for hydroxylation is 2. The summed E-state index contributed by atoms with van der Waals surface area (Å²) >= 11 is 0. The van der Waals surface area contributed by atoms with Crippen molar-refractivity contribution in [3.63, 3.8) is 0 Å². The fourth-order valence-corrected chi connectivity index (χ4v) is 5.57. The summed E-state index contributed by atoms with van der Waals surface area (Å²) in [6, 6.07) is 17.8. The van der Waals surface area contributed by atoms with Crippen molar-refractivity contribution in [3.8, 4) is 6.01 Å². The van der Waals surface area contributed by atoms with Crippen LogP contribution < -0.4 is 9.64 Å². The molecule has 1 aliphatic heterocycles. The first kappa shape index (κ1) is 28.7. The fraction of sp³-hybridized carbons (Fsp3) is 0.226. The first-order chi connectivity index (χ1) is 20.0. The highest BCUT2D eigenvalue weighted by Crippen LogP contribution is 2.46. The van der Waals surface area contributed by atoms with Gasteiger partial charge in [-0.15, -0.1) is 0 Å². The highest BCUT2D eigenvalue weighted by Gasteiger charge is 2.55. The number of aromatic nitrogens is 2. The Balaban J connectivity index is 1.77. The number of aliphatic carboxylic acids is 1. The van der Waals surface area contributed by atoms with E-state index >= 15 is 0 Å². The number of anilines is 1. The van der Waals surface area contributed by atoms with Crippen LogP contribution in [0.1, 0.15) is 28.1 Å². The van der Waals surface area contributed by atoms with Crippen molar-refractivity contribution < 1.29 is 32.6 Å². The number of carbonyl (C=O) groups excluding carboxylic acids is 1. The molecule has 0 saturated carbocycles. The Kier molecular flexibility index (Phi) is 7.70. The number of hydrogen-bond donors (Lipinski definition) is 1. The molecule has 0 spiro atoms. The zero-order chi connectivity index (χ0) is 30.2. The minimum Gasteiger partial charge on any atom is -0.478 e. The standard InChI is InChI=1S/C31H27F3N4O4/c1-18-13-19(2)36-30(35-18)42-28(29(40)41)31(20-9-5-4-6-10-20)23-11-7-8-12-26(23)38(27(39)17-37(31)3)16-22-24(33)14-21(32)15-25(22)34/h4-15,28H,16-17H2,1-3H3,(H,40,41)/t28-,31+/m1/s1. The van der Waals surface area contributed by atoms with Gasteiger partial charge in [-0.3, -0.25) is 9.69 Å². The van der Waals surface area contributed by atoms with E-state index in [2.05, 4.69) is 9.97 Å². The maximum Gasteiger partial charge on any atom is 0.347 e. The molecule has 42 heavy (non-hydrogen) atoms. The van der Waals surface area contributed by atoms with Gasteiger partial charge in [-0.25, -0.2) is 27.9 Å². The van der Waals surface area contributed by atoms with Gasteiger partial charge in [0.1, 0.15) is 23.0 Å². The van der Waals surface area contributed by atoms with Crippen molar-refractivity contribution in [2.75, 3.05) is 18.5 Å². The number of benzene rings is 3. The lowest BCUT2D eigenvalue weighted by atomic mass is 9.76. The topological polar surface area (TPSA) is 95.9 Å². The van der Waals surface area contributed by atoms with Crippen LogP contribution in [0.25, 0.3) is 0 Å². The van der Waals surface area contributed by atoms with Crippen molar-refractivity contribution in [3.05, 3.63) is 118 Å². The molecule has 2 heterocycles. The molecule has 2 atom stereocenters. The average molecular weight is 577 g/mol. The lowest BCUT2D eigenvalue weighted by Gasteiger charge is -2.44. The number of fused-ring (bicyclic) bond motifs is 1. The number of likely N-dealkylation sites (N-methyl/N-ethyl adjacent to an activating group) is 1. The van der Waals surface area contributed by atoms with E-state index in [0.29, 0.717) is 34.6 Å². The SMILES string of the molecule is Cc1cc(C)nc(O[C@H](C(=O)O)[C@]2(c3ccccc3)c3ccccc3N(Cc3c(F)cc(F)cc3F)C(=O)CN2C)n1. The van der Waals surface area contributed by atoms with E-state index in [1.807, 2.05) is 0 Å². The molecular formula is C31H27F3N4O4. The van der Waals surface area contributed by atoms with Crippen LogP contribution in [0.5, 0.6) is 6.01 Å². The Labute approximate surface area is 240 Å². The van der Waals surface area contributed by atoms with Crippen LogP contribution in [0.15, 0.2) is 72.8 Å². The third-order valence-electron chi connectivity index (χ3n) is 7.31. The predicted molar refractivity (Wildman–Crippen MR) is 147 cm³/mol. The van der Waals surface area contributed by atoms with Crippen molar-refractivity contribution in [2.24, 2.45) is 0 Å². The van der Waals surface area contributed by atoms with E-state index in [4.69, 9.17) is 4.74 Å². The summed E-state index contributed by atoms with van der Waals surface area (Å²) in [5.74, 6) is -5.32. The fourth-order valence-electron chi connectivity index (χ4n) is 5.57. The third kappa shape index (κ3) is 5.07. The van der Waals surface area contributed by atoms with Crippen molar-refractivity contribution in [1.82, 2.24) is 14.9 Å². The molecule has 0 saturated heterocycles. The van der Waals surface area contributed by atoms with Gasteiger partial charge in [0, 0.05) is 40.3 Å². The van der Waals surface area contributed by atoms with Gasteiger partial charge < -0.3 is 14.7 Å². The molecule has 4 aromatic rings. The summed E-state index contributed by atoms with van der Waals surface area (Å²) in [7, 11) is 1.58. The molecule has 5 rings (SSSR count).